The average molecular weight is 242 g/mol. The molecule has 2 rings (SSSR count). The number of aromatic nitrogens is 2. The number of para-hydroxylation sites is 1. The topological polar surface area (TPSA) is 58.1 Å². The second-order valence-corrected chi connectivity index (χ2v) is 3.85. The monoisotopic (exact) mass is 242 g/mol. The summed E-state index contributed by atoms with van der Waals surface area (Å²) >= 11 is 0. The van der Waals surface area contributed by atoms with E-state index in [1.54, 1.807) is 6.07 Å². The van der Waals surface area contributed by atoms with Crippen LogP contribution < -0.4 is 10.2 Å². The Bertz CT molecular complexity index is 524. The van der Waals surface area contributed by atoms with Crippen LogP contribution in [-0.2, 0) is 4.79 Å². The Hall–Kier alpha value is -2.43. The zero-order chi connectivity index (χ0) is 13.0. The molecule has 1 aromatic carbocycles. The van der Waals surface area contributed by atoms with Crippen molar-refractivity contribution in [3.8, 4) is 0 Å². The fraction of sp³-hybridized carbons (Fsp3) is 0.154. The highest BCUT2D eigenvalue weighted by atomic mass is 16.1. The second-order valence-electron chi connectivity index (χ2n) is 3.85. The molecule has 0 fully saturated rings. The van der Waals surface area contributed by atoms with Crippen LogP contribution in [0.1, 0.15) is 6.92 Å². The lowest BCUT2D eigenvalue weighted by Gasteiger charge is -2.17. The van der Waals surface area contributed by atoms with Crippen LogP contribution in [0.2, 0.25) is 0 Å². The Labute approximate surface area is 105 Å². The average Bonchev–Trinajstić information content (AvgIpc) is 2.39. The third kappa shape index (κ3) is 2.82. The van der Waals surface area contributed by atoms with Crippen molar-refractivity contribution in [3.63, 3.8) is 0 Å². The third-order valence-corrected chi connectivity index (χ3v) is 2.44. The molecular weight excluding hydrogens is 228 g/mol. The van der Waals surface area contributed by atoms with Gasteiger partial charge < -0.3 is 10.2 Å². The molecule has 18 heavy (non-hydrogen) atoms. The lowest BCUT2D eigenvalue weighted by molar-refractivity contribution is -0.114. The van der Waals surface area contributed by atoms with Gasteiger partial charge in [-0.15, -0.1) is 10.2 Å². The number of amides is 1. The van der Waals surface area contributed by atoms with E-state index < -0.39 is 0 Å². The van der Waals surface area contributed by atoms with Crippen LogP contribution in [0, 0.1) is 0 Å². The Morgan fingerprint density at radius 2 is 1.83 bits per heavy atom. The Kier molecular flexibility index (Phi) is 3.52. The van der Waals surface area contributed by atoms with Crippen LogP contribution in [0.15, 0.2) is 42.5 Å². The second kappa shape index (κ2) is 5.27. The van der Waals surface area contributed by atoms with Crippen molar-refractivity contribution < 1.29 is 4.79 Å². The number of anilines is 3. The number of nitrogens with zero attached hydrogens (tertiary/aromatic N) is 3. The standard InChI is InChI=1S/C13H14N4O/c1-10(18)14-12-8-9-13(16-15-12)17(2)11-6-4-3-5-7-11/h3-9H,1-2H3,(H,14,15,18). The lowest BCUT2D eigenvalue weighted by atomic mass is 10.3. The van der Waals surface area contributed by atoms with E-state index in [0.29, 0.717) is 5.82 Å². The minimum absolute atomic E-state index is 0.159. The van der Waals surface area contributed by atoms with Gasteiger partial charge in [-0.05, 0) is 24.3 Å². The van der Waals surface area contributed by atoms with Gasteiger partial charge in [0.1, 0.15) is 0 Å². The summed E-state index contributed by atoms with van der Waals surface area (Å²) in [6, 6.07) is 13.4. The molecule has 0 aliphatic heterocycles. The summed E-state index contributed by atoms with van der Waals surface area (Å²) in [5.41, 5.74) is 1.03. The molecule has 1 amide bonds. The molecule has 0 spiro atoms. The van der Waals surface area contributed by atoms with Crippen molar-refractivity contribution in [2.75, 3.05) is 17.3 Å². The van der Waals surface area contributed by atoms with E-state index >= 15 is 0 Å². The molecule has 0 saturated carbocycles. The van der Waals surface area contributed by atoms with Crippen molar-refractivity contribution in [3.05, 3.63) is 42.5 Å². The minimum Gasteiger partial charge on any atom is -0.328 e. The SMILES string of the molecule is CC(=O)Nc1ccc(N(C)c2ccccc2)nn1. The van der Waals surface area contributed by atoms with Crippen LogP contribution in [-0.4, -0.2) is 23.2 Å². The summed E-state index contributed by atoms with van der Waals surface area (Å²) in [7, 11) is 1.91. The lowest BCUT2D eigenvalue weighted by Crippen LogP contribution is -2.13. The van der Waals surface area contributed by atoms with Crippen molar-refractivity contribution >= 4 is 23.2 Å². The maximum Gasteiger partial charge on any atom is 0.222 e. The Balaban J connectivity index is 2.17. The van der Waals surface area contributed by atoms with Gasteiger partial charge in [-0.2, -0.15) is 0 Å². The molecule has 0 unspecified atom stereocenters. The summed E-state index contributed by atoms with van der Waals surface area (Å²) < 4.78 is 0. The number of hydrogen-bond acceptors (Lipinski definition) is 4. The van der Waals surface area contributed by atoms with E-state index in [0.717, 1.165) is 11.5 Å². The third-order valence-electron chi connectivity index (χ3n) is 2.44. The van der Waals surface area contributed by atoms with Gasteiger partial charge in [0.2, 0.25) is 5.91 Å². The summed E-state index contributed by atoms with van der Waals surface area (Å²) in [6.45, 7) is 1.44. The fourth-order valence-electron chi connectivity index (χ4n) is 1.54. The maximum atomic E-state index is 10.9. The number of nitrogens with one attached hydrogen (secondary N) is 1. The summed E-state index contributed by atoms with van der Waals surface area (Å²) in [5.74, 6) is 1.01. The molecule has 92 valence electrons. The molecule has 0 bridgehead atoms. The molecule has 0 atom stereocenters. The van der Waals surface area contributed by atoms with E-state index in [1.807, 2.05) is 48.3 Å². The predicted molar refractivity (Wildman–Crippen MR) is 70.8 cm³/mol. The molecule has 1 aromatic heterocycles. The van der Waals surface area contributed by atoms with Gasteiger partial charge in [0.15, 0.2) is 11.6 Å². The van der Waals surface area contributed by atoms with Gasteiger partial charge in [-0.3, -0.25) is 4.79 Å². The van der Waals surface area contributed by atoms with Crippen molar-refractivity contribution in [2.45, 2.75) is 6.92 Å². The Morgan fingerprint density at radius 3 is 2.39 bits per heavy atom. The van der Waals surface area contributed by atoms with Crippen LogP contribution in [0.4, 0.5) is 17.3 Å². The van der Waals surface area contributed by atoms with Crippen molar-refractivity contribution in [1.29, 1.82) is 0 Å². The van der Waals surface area contributed by atoms with Crippen molar-refractivity contribution in [2.24, 2.45) is 0 Å². The maximum absolute atomic E-state index is 10.9. The first kappa shape index (κ1) is 12.0. The zero-order valence-corrected chi connectivity index (χ0v) is 10.3. The summed E-state index contributed by atoms with van der Waals surface area (Å²) in [6.07, 6.45) is 0. The number of benzene rings is 1. The molecule has 5 nitrogen and oxygen atoms in total. The predicted octanol–water partition coefficient (Wildman–Crippen LogP) is 2.20. The van der Waals surface area contributed by atoms with Gasteiger partial charge >= 0.3 is 0 Å². The molecule has 0 radical (unpaired) electrons. The van der Waals surface area contributed by atoms with E-state index in [-0.39, 0.29) is 5.91 Å². The van der Waals surface area contributed by atoms with Crippen molar-refractivity contribution in [1.82, 2.24) is 10.2 Å². The van der Waals surface area contributed by atoms with E-state index in [2.05, 4.69) is 15.5 Å². The first-order chi connectivity index (χ1) is 8.66. The molecule has 0 saturated heterocycles. The molecule has 5 heteroatoms. The van der Waals surface area contributed by atoms with Crippen LogP contribution in [0.5, 0.6) is 0 Å². The van der Waals surface area contributed by atoms with Crippen LogP contribution in [0.25, 0.3) is 0 Å². The van der Waals surface area contributed by atoms with E-state index in [9.17, 15) is 4.79 Å². The number of carbonyl (C=O) groups is 1. The molecular formula is C13H14N4O. The first-order valence-corrected chi connectivity index (χ1v) is 5.57. The normalized spacial score (nSPS) is 9.89. The van der Waals surface area contributed by atoms with Crippen LogP contribution in [0.3, 0.4) is 0 Å². The molecule has 1 heterocycles. The van der Waals surface area contributed by atoms with E-state index in [4.69, 9.17) is 0 Å². The zero-order valence-electron chi connectivity index (χ0n) is 10.3. The quantitative estimate of drug-likeness (QED) is 0.896. The highest BCUT2D eigenvalue weighted by molar-refractivity contribution is 5.87. The summed E-state index contributed by atoms with van der Waals surface area (Å²) in [4.78, 5) is 12.8. The first-order valence-electron chi connectivity index (χ1n) is 5.57. The van der Waals surface area contributed by atoms with Gasteiger partial charge in [-0.25, -0.2) is 0 Å². The highest BCUT2D eigenvalue weighted by Gasteiger charge is 2.05. The number of rotatable bonds is 3. The minimum atomic E-state index is -0.159. The number of carbonyl (C=O) groups excluding carboxylic acids is 1. The Morgan fingerprint density at radius 1 is 1.11 bits per heavy atom. The van der Waals surface area contributed by atoms with Gasteiger partial charge in [0.05, 0.1) is 0 Å². The van der Waals surface area contributed by atoms with Crippen LogP contribution >= 0.6 is 0 Å². The van der Waals surface area contributed by atoms with Gasteiger partial charge in [0.25, 0.3) is 0 Å². The summed E-state index contributed by atoms with van der Waals surface area (Å²) in [5, 5.41) is 10.6. The molecule has 2 aromatic rings. The number of hydrogen-bond donors (Lipinski definition) is 1. The van der Waals surface area contributed by atoms with E-state index in [1.165, 1.54) is 6.92 Å². The molecule has 0 aliphatic carbocycles. The van der Waals surface area contributed by atoms with Gasteiger partial charge in [-0.1, -0.05) is 18.2 Å². The highest BCUT2D eigenvalue weighted by Crippen LogP contribution is 2.20. The smallest absolute Gasteiger partial charge is 0.222 e. The fourth-order valence-corrected chi connectivity index (χ4v) is 1.54. The largest absolute Gasteiger partial charge is 0.328 e. The molecule has 1 N–H and O–H groups in total. The molecule has 0 aliphatic rings. The van der Waals surface area contributed by atoms with Gasteiger partial charge in [0, 0.05) is 19.7 Å².